The van der Waals surface area contributed by atoms with Gasteiger partial charge in [0.2, 0.25) is 0 Å². The van der Waals surface area contributed by atoms with Crippen LogP contribution >= 0.6 is 11.6 Å². The molecule has 1 aliphatic rings. The van der Waals surface area contributed by atoms with Crippen LogP contribution in [0.3, 0.4) is 0 Å². The highest BCUT2D eigenvalue weighted by Crippen LogP contribution is 2.32. The minimum absolute atomic E-state index is 0.0463. The normalized spacial score (nSPS) is 19.1. The number of nitrogens with one attached hydrogen (secondary N) is 3. The Labute approximate surface area is 320 Å². The second kappa shape index (κ2) is 20.3. The average Bonchev–Trinajstić information content (AvgIpc) is 3.13. The number of aromatic nitrogens is 3. The first-order valence-electron chi connectivity index (χ1n) is 17.1. The van der Waals surface area contributed by atoms with E-state index in [2.05, 4.69) is 30.9 Å². The first-order valence-corrected chi connectivity index (χ1v) is 17.5. The topological polar surface area (TPSA) is 215 Å². The summed E-state index contributed by atoms with van der Waals surface area (Å²) in [6.07, 6.45) is -0.505. The van der Waals surface area contributed by atoms with Gasteiger partial charge in [-0.25, -0.2) is 14.4 Å². The highest BCUT2D eigenvalue weighted by molar-refractivity contribution is 6.30. The molecule has 0 radical (unpaired) electrons. The molecule has 3 aromatic rings. The van der Waals surface area contributed by atoms with Crippen molar-refractivity contribution < 1.29 is 56.8 Å². The number of benzene rings is 1. The molecule has 17 nitrogen and oxygen atoms in total. The summed E-state index contributed by atoms with van der Waals surface area (Å²) in [6.45, 7) is 5.43. The third-order valence-electron chi connectivity index (χ3n) is 7.97. The maximum atomic E-state index is 14.6. The lowest BCUT2D eigenvalue weighted by atomic mass is 9.92. The number of hydrogen-bond donors (Lipinski definition) is 3. The highest BCUT2D eigenvalue weighted by Gasteiger charge is 2.51. The van der Waals surface area contributed by atoms with Crippen molar-refractivity contribution >= 4 is 52.9 Å². The smallest absolute Gasteiger partial charge is 0.303 e. The second-order valence-corrected chi connectivity index (χ2v) is 12.6. The number of anilines is 2. The van der Waals surface area contributed by atoms with E-state index in [9.17, 15) is 28.4 Å². The second-order valence-electron chi connectivity index (χ2n) is 12.2. The Morgan fingerprint density at radius 1 is 0.873 bits per heavy atom. The van der Waals surface area contributed by atoms with Gasteiger partial charge in [0.1, 0.15) is 24.6 Å². The van der Waals surface area contributed by atoms with Crippen LogP contribution in [0.5, 0.6) is 5.75 Å². The van der Waals surface area contributed by atoms with E-state index in [1.54, 1.807) is 6.07 Å². The molecule has 0 saturated carbocycles. The van der Waals surface area contributed by atoms with Gasteiger partial charge in [-0.05, 0) is 50.2 Å². The number of methoxy groups -OCH3 is 1. The molecule has 1 saturated heterocycles. The van der Waals surface area contributed by atoms with Crippen LogP contribution in [0.4, 0.5) is 15.9 Å². The summed E-state index contributed by atoms with van der Waals surface area (Å²) in [6, 6.07) is 5.60. The molecule has 19 heteroatoms. The molecule has 1 fully saturated rings. The van der Waals surface area contributed by atoms with Crippen LogP contribution in [0.2, 0.25) is 5.02 Å². The Balaban J connectivity index is 1.35. The number of rotatable bonds is 17. The first-order chi connectivity index (χ1) is 26.3. The standard InChI is InChI=1S/C36H42ClFN6O11/c1-19(45)51-18-30-32(53-21(3)47)33(54-22(4)48)31(52-20(2)46)28(55-30)10-14-39-11-6-12-41-36(49)25-16-40-13-9-27(25)43-35-29(50-5)17-42-34(44-35)24-15-23(37)7-8-26(24)38/h7-9,13,15-17,28,30-33,39H,6,10-12,14,18H2,1-5H3,(H,41,49)(H,40,42,43,44). The first kappa shape index (κ1) is 42.3. The molecule has 0 bridgehead atoms. The lowest BCUT2D eigenvalue weighted by Crippen LogP contribution is -2.62. The molecule has 0 aliphatic carbocycles. The third kappa shape index (κ3) is 12.3. The average molecular weight is 789 g/mol. The lowest BCUT2D eigenvalue weighted by Gasteiger charge is -2.44. The lowest BCUT2D eigenvalue weighted by molar-refractivity contribution is -0.253. The summed E-state index contributed by atoms with van der Waals surface area (Å²) >= 11 is 6.06. The largest absolute Gasteiger partial charge is 0.491 e. The number of halogens is 2. The van der Waals surface area contributed by atoms with Crippen LogP contribution in [-0.2, 0) is 42.9 Å². The van der Waals surface area contributed by atoms with E-state index in [1.165, 1.54) is 57.7 Å². The van der Waals surface area contributed by atoms with Gasteiger partial charge in [-0.2, -0.15) is 0 Å². The van der Waals surface area contributed by atoms with E-state index in [0.29, 0.717) is 30.2 Å². The summed E-state index contributed by atoms with van der Waals surface area (Å²) < 4.78 is 47.6. The fourth-order valence-electron chi connectivity index (χ4n) is 5.65. The van der Waals surface area contributed by atoms with Crippen LogP contribution in [0.25, 0.3) is 11.4 Å². The Kier molecular flexibility index (Phi) is 15.6. The molecule has 5 atom stereocenters. The van der Waals surface area contributed by atoms with Gasteiger partial charge in [0.25, 0.3) is 5.91 Å². The molecule has 3 heterocycles. The predicted molar refractivity (Wildman–Crippen MR) is 193 cm³/mol. The zero-order valence-corrected chi connectivity index (χ0v) is 31.5. The van der Waals surface area contributed by atoms with Gasteiger partial charge < -0.3 is 44.4 Å². The van der Waals surface area contributed by atoms with E-state index in [4.69, 9.17) is 40.0 Å². The Bertz CT molecular complexity index is 1850. The summed E-state index contributed by atoms with van der Waals surface area (Å²) in [5.74, 6) is -3.25. The molecule has 1 aliphatic heterocycles. The van der Waals surface area contributed by atoms with Crippen molar-refractivity contribution in [2.75, 3.05) is 38.7 Å². The van der Waals surface area contributed by atoms with Crippen molar-refractivity contribution in [3.8, 4) is 17.1 Å². The minimum atomic E-state index is -1.24. The van der Waals surface area contributed by atoms with Crippen LogP contribution < -0.4 is 20.7 Å². The summed E-state index contributed by atoms with van der Waals surface area (Å²) in [4.78, 5) is 73.6. The number of esters is 4. The van der Waals surface area contributed by atoms with Gasteiger partial charge in [0.15, 0.2) is 35.7 Å². The molecule has 0 spiro atoms. The number of nitrogens with zero attached hydrogens (tertiary/aromatic N) is 3. The fraction of sp³-hybridized carbons (Fsp3) is 0.444. The number of carbonyl (C=O) groups is 5. The molecule has 4 rings (SSSR count). The quantitative estimate of drug-likeness (QED) is 0.102. The van der Waals surface area contributed by atoms with Crippen LogP contribution in [0.15, 0.2) is 42.9 Å². The molecule has 1 amide bonds. The zero-order valence-electron chi connectivity index (χ0n) is 30.8. The Morgan fingerprint density at radius 3 is 2.24 bits per heavy atom. The van der Waals surface area contributed by atoms with Crippen molar-refractivity contribution in [2.45, 2.75) is 71.1 Å². The van der Waals surface area contributed by atoms with Gasteiger partial charge in [0.05, 0.1) is 30.1 Å². The monoisotopic (exact) mass is 788 g/mol. The third-order valence-corrected chi connectivity index (χ3v) is 8.21. The minimum Gasteiger partial charge on any atom is -0.491 e. The van der Waals surface area contributed by atoms with E-state index < -0.39 is 66.1 Å². The van der Waals surface area contributed by atoms with E-state index in [-0.39, 0.29) is 48.1 Å². The van der Waals surface area contributed by atoms with Crippen molar-refractivity contribution in [2.24, 2.45) is 0 Å². The number of carbonyl (C=O) groups excluding carboxylic acids is 5. The van der Waals surface area contributed by atoms with Crippen LogP contribution in [-0.4, -0.2) is 109 Å². The molecular weight excluding hydrogens is 747 g/mol. The van der Waals surface area contributed by atoms with E-state index in [0.717, 1.165) is 13.8 Å². The number of hydrogen-bond acceptors (Lipinski definition) is 16. The number of ether oxygens (including phenoxy) is 6. The molecule has 5 unspecified atom stereocenters. The maximum absolute atomic E-state index is 14.6. The summed E-state index contributed by atoms with van der Waals surface area (Å²) in [5.41, 5.74) is 0.637. The van der Waals surface area contributed by atoms with Gasteiger partial charge in [0, 0.05) is 51.7 Å². The SMILES string of the molecule is COc1cnc(-c2cc(Cl)ccc2F)nc1Nc1ccncc1C(=O)NCCCNCCC1OC(COC(C)=O)C(OC(C)=O)C(OC(C)=O)C1OC(C)=O. The Morgan fingerprint density at radius 2 is 1.56 bits per heavy atom. The highest BCUT2D eigenvalue weighted by atomic mass is 35.5. The fourth-order valence-corrected chi connectivity index (χ4v) is 5.82. The predicted octanol–water partition coefficient (Wildman–Crippen LogP) is 3.31. The van der Waals surface area contributed by atoms with Gasteiger partial charge >= 0.3 is 23.9 Å². The van der Waals surface area contributed by atoms with Crippen molar-refractivity contribution in [3.63, 3.8) is 0 Å². The van der Waals surface area contributed by atoms with Gasteiger partial charge in [-0.1, -0.05) is 11.6 Å². The number of pyridine rings is 1. The van der Waals surface area contributed by atoms with Crippen LogP contribution in [0.1, 0.15) is 50.9 Å². The summed E-state index contributed by atoms with van der Waals surface area (Å²) in [7, 11) is 1.42. The van der Waals surface area contributed by atoms with E-state index in [1.807, 2.05) is 0 Å². The molecule has 55 heavy (non-hydrogen) atoms. The number of amides is 1. The van der Waals surface area contributed by atoms with Gasteiger partial charge in [-0.3, -0.25) is 29.0 Å². The van der Waals surface area contributed by atoms with Crippen LogP contribution in [0, 0.1) is 5.82 Å². The summed E-state index contributed by atoms with van der Waals surface area (Å²) in [5, 5.41) is 9.44. The maximum Gasteiger partial charge on any atom is 0.303 e. The molecule has 2 aromatic heterocycles. The molecule has 3 N–H and O–H groups in total. The zero-order chi connectivity index (χ0) is 40.1. The molecule has 296 valence electrons. The van der Waals surface area contributed by atoms with Crippen molar-refractivity contribution in [1.82, 2.24) is 25.6 Å². The molecule has 1 aromatic carbocycles. The van der Waals surface area contributed by atoms with Crippen molar-refractivity contribution in [3.05, 3.63) is 59.3 Å². The molecular formula is C36H42ClFN6O11. The van der Waals surface area contributed by atoms with E-state index >= 15 is 0 Å². The van der Waals surface area contributed by atoms with Gasteiger partial charge in [-0.15, -0.1) is 0 Å². The van der Waals surface area contributed by atoms with Crippen molar-refractivity contribution in [1.29, 1.82) is 0 Å². The Hall–Kier alpha value is -5.46.